The van der Waals surface area contributed by atoms with Gasteiger partial charge in [0.1, 0.15) is 21.2 Å². The Balaban J connectivity index is 1.40. The lowest BCUT2D eigenvalue weighted by molar-refractivity contribution is 0.102. The van der Waals surface area contributed by atoms with Gasteiger partial charge in [-0.3, -0.25) is 23.0 Å². The van der Waals surface area contributed by atoms with Gasteiger partial charge >= 0.3 is 0 Å². The van der Waals surface area contributed by atoms with Crippen LogP contribution in [0.5, 0.6) is 0 Å². The molecule has 58 heavy (non-hydrogen) atoms. The van der Waals surface area contributed by atoms with Crippen molar-refractivity contribution in [2.24, 2.45) is 10.2 Å². The van der Waals surface area contributed by atoms with Crippen molar-refractivity contribution in [3.8, 4) is 0 Å². The maximum Gasteiger partial charge on any atom is 0.296 e. The fourth-order valence-electron chi connectivity index (χ4n) is 5.10. The summed E-state index contributed by atoms with van der Waals surface area (Å²) in [6, 6.07) is 19.0. The number of aromatic nitrogens is 3. The highest BCUT2D eigenvalue weighted by Gasteiger charge is 2.23. The third-order valence-electron chi connectivity index (χ3n) is 7.64. The average Bonchev–Trinajstić information content (AvgIpc) is 3.12. The minimum atomic E-state index is -5.20. The van der Waals surface area contributed by atoms with E-state index >= 15 is 0 Å². The van der Waals surface area contributed by atoms with Gasteiger partial charge in [0.25, 0.3) is 46.4 Å². The molecule has 0 saturated carbocycles. The van der Waals surface area contributed by atoms with Crippen molar-refractivity contribution in [2.45, 2.75) is 19.6 Å². The average molecular weight is 891 g/mol. The number of hydrogen-bond donors (Lipinski definition) is 7. The van der Waals surface area contributed by atoms with Crippen LogP contribution in [0.3, 0.4) is 0 Å². The van der Waals surface area contributed by atoms with E-state index in [0.29, 0.717) is 0 Å². The van der Waals surface area contributed by atoms with Gasteiger partial charge in [0.15, 0.2) is 0 Å². The second kappa shape index (κ2) is 15.7. The predicted molar refractivity (Wildman–Crippen MR) is 206 cm³/mol. The molecule has 1 aromatic heterocycles. The summed E-state index contributed by atoms with van der Waals surface area (Å²) in [6.45, 7) is 0. The second-order valence-electron chi connectivity index (χ2n) is 11.6. The van der Waals surface area contributed by atoms with Crippen molar-refractivity contribution in [2.75, 3.05) is 16.0 Å². The molecular formula is C32H23ClN8O13S4. The summed E-state index contributed by atoms with van der Waals surface area (Å²) < 4.78 is 136. The van der Waals surface area contributed by atoms with Gasteiger partial charge in [0.2, 0.25) is 17.2 Å². The first-order chi connectivity index (χ1) is 27.0. The Labute approximate surface area is 332 Å². The van der Waals surface area contributed by atoms with Gasteiger partial charge in [-0.1, -0.05) is 18.2 Å². The highest BCUT2D eigenvalue weighted by Crippen LogP contribution is 2.38. The van der Waals surface area contributed by atoms with E-state index in [9.17, 15) is 56.7 Å². The number of carbonyl (C=O) groups excluding carboxylic acids is 1. The fraction of sp³-hybridized carbons (Fsp3) is 0. The summed E-state index contributed by atoms with van der Waals surface area (Å²) in [5, 5.41) is 15.0. The lowest BCUT2D eigenvalue weighted by atomic mass is 10.1. The molecule has 1 amide bonds. The van der Waals surface area contributed by atoms with Crippen molar-refractivity contribution in [3.05, 3.63) is 108 Å². The Morgan fingerprint density at radius 2 is 1.12 bits per heavy atom. The lowest BCUT2D eigenvalue weighted by Crippen LogP contribution is -2.13. The molecule has 6 rings (SSSR count). The van der Waals surface area contributed by atoms with E-state index in [1.54, 1.807) is 18.2 Å². The standard InChI is InChI=1S/C32H23ClN8O13S4/c33-30-37-31(34-19-6-9-21(10-7-19)55(43,44)45)39-32(38-30)35-20-8-11-27(57(49,50)51)25(14-20)40-41-26-16-23-18(13-28(26)58(52,53)54)12-22(56(46,47)48)15-24(23)36-29(42)17-4-2-1-3-5-17/h1-16H,(H,36,42)(H,43,44,45)(H,46,47,48)(H,49,50,51)(H,52,53,54)(H2,34,35,37,38,39). The van der Waals surface area contributed by atoms with Crippen molar-refractivity contribution in [1.29, 1.82) is 0 Å². The fourth-order valence-corrected chi connectivity index (χ4v) is 7.53. The molecule has 0 spiro atoms. The molecule has 26 heteroatoms. The molecule has 0 saturated heterocycles. The zero-order valence-electron chi connectivity index (χ0n) is 28.4. The molecule has 0 aliphatic carbocycles. The number of nitrogens with one attached hydrogen (secondary N) is 3. The van der Waals surface area contributed by atoms with Gasteiger partial charge in [-0.15, -0.1) is 10.2 Å². The summed E-state index contributed by atoms with van der Waals surface area (Å²) in [7, 11) is -19.6. The first-order valence-corrected chi connectivity index (χ1v) is 21.7. The van der Waals surface area contributed by atoms with Crippen molar-refractivity contribution in [3.63, 3.8) is 0 Å². The van der Waals surface area contributed by atoms with Crippen LogP contribution in [0, 0.1) is 0 Å². The third-order valence-corrected chi connectivity index (χ3v) is 11.3. The Morgan fingerprint density at radius 3 is 1.69 bits per heavy atom. The van der Waals surface area contributed by atoms with Crippen LogP contribution in [0.4, 0.5) is 40.3 Å². The van der Waals surface area contributed by atoms with E-state index in [0.717, 1.165) is 54.6 Å². The number of nitrogens with zero attached hydrogens (tertiary/aromatic N) is 5. The van der Waals surface area contributed by atoms with Gasteiger partial charge < -0.3 is 16.0 Å². The SMILES string of the molecule is O=C(Nc1cc(S(=O)(=O)O)cc2cc(S(=O)(=O)O)c(N=Nc3cc(Nc4nc(Cl)nc(Nc5ccc(S(=O)(=O)O)cc5)n4)ccc3S(=O)(=O)O)cc12)c1ccccc1. The van der Waals surface area contributed by atoms with E-state index in [1.807, 2.05) is 0 Å². The highest BCUT2D eigenvalue weighted by atomic mass is 35.5. The van der Waals surface area contributed by atoms with Gasteiger partial charge in [-0.25, -0.2) is 0 Å². The second-order valence-corrected chi connectivity index (χ2v) is 17.6. The molecule has 0 unspecified atom stereocenters. The Morgan fingerprint density at radius 1 is 0.569 bits per heavy atom. The van der Waals surface area contributed by atoms with Gasteiger partial charge in [-0.2, -0.15) is 48.6 Å². The number of hydrogen-bond acceptors (Lipinski definition) is 16. The number of carbonyl (C=O) groups is 1. The molecule has 6 aromatic rings. The number of rotatable bonds is 12. The number of benzene rings is 5. The van der Waals surface area contributed by atoms with Crippen LogP contribution in [0.1, 0.15) is 10.4 Å². The van der Waals surface area contributed by atoms with Gasteiger partial charge in [0, 0.05) is 22.3 Å². The van der Waals surface area contributed by atoms with E-state index in [-0.39, 0.29) is 55.5 Å². The number of anilines is 5. The molecule has 5 aromatic carbocycles. The maximum atomic E-state index is 13.1. The smallest absolute Gasteiger partial charge is 0.296 e. The molecule has 0 atom stereocenters. The predicted octanol–water partition coefficient (Wildman–Crippen LogP) is 5.82. The van der Waals surface area contributed by atoms with Crippen LogP contribution in [0.25, 0.3) is 10.8 Å². The number of amides is 1. The quantitative estimate of drug-likeness (QED) is 0.0562. The number of halogens is 1. The van der Waals surface area contributed by atoms with Crippen molar-refractivity contribution < 1.29 is 56.7 Å². The Kier molecular flexibility index (Phi) is 11.3. The molecular weight excluding hydrogens is 868 g/mol. The number of fused-ring (bicyclic) bond motifs is 1. The van der Waals surface area contributed by atoms with Crippen molar-refractivity contribution in [1.82, 2.24) is 15.0 Å². The summed E-state index contributed by atoms with van der Waals surface area (Å²) in [5.74, 6) is -1.14. The molecule has 0 aliphatic heterocycles. The van der Waals surface area contributed by atoms with Gasteiger partial charge in [-0.05, 0) is 95.8 Å². The first-order valence-electron chi connectivity index (χ1n) is 15.5. The van der Waals surface area contributed by atoms with Crippen LogP contribution < -0.4 is 16.0 Å². The summed E-state index contributed by atoms with van der Waals surface area (Å²) >= 11 is 6.06. The maximum absolute atomic E-state index is 13.1. The zero-order chi connectivity index (χ0) is 42.2. The van der Waals surface area contributed by atoms with E-state index in [4.69, 9.17) is 11.6 Å². The van der Waals surface area contributed by atoms with Crippen LogP contribution in [-0.4, -0.2) is 72.7 Å². The summed E-state index contributed by atoms with van der Waals surface area (Å²) in [5.41, 5.74) is -1.14. The van der Waals surface area contributed by atoms with Gasteiger partial charge in [0.05, 0.1) is 15.5 Å². The van der Waals surface area contributed by atoms with Crippen molar-refractivity contribution >= 4 is 109 Å². The van der Waals surface area contributed by atoms with Crippen LogP contribution in [-0.2, 0) is 40.5 Å². The first kappa shape index (κ1) is 41.6. The largest absolute Gasteiger partial charge is 0.324 e. The minimum Gasteiger partial charge on any atom is -0.324 e. The Hall–Kier alpha value is -6.03. The van der Waals surface area contributed by atoms with Crippen LogP contribution in [0.15, 0.2) is 127 Å². The minimum absolute atomic E-state index is 0.00996. The molecule has 7 N–H and O–H groups in total. The third kappa shape index (κ3) is 9.91. The molecule has 0 fully saturated rings. The summed E-state index contributed by atoms with van der Waals surface area (Å²) in [4.78, 5) is 22.1. The molecule has 300 valence electrons. The molecule has 1 heterocycles. The zero-order valence-corrected chi connectivity index (χ0v) is 32.5. The highest BCUT2D eigenvalue weighted by molar-refractivity contribution is 7.86. The molecule has 0 bridgehead atoms. The molecule has 0 aliphatic rings. The summed E-state index contributed by atoms with van der Waals surface area (Å²) in [6.07, 6.45) is 0. The normalized spacial score (nSPS) is 12.4. The van der Waals surface area contributed by atoms with Crippen LogP contribution in [0.2, 0.25) is 5.28 Å². The van der Waals surface area contributed by atoms with Crippen LogP contribution >= 0.6 is 11.6 Å². The monoisotopic (exact) mass is 890 g/mol. The molecule has 0 radical (unpaired) electrons. The number of azo groups is 1. The lowest BCUT2D eigenvalue weighted by Gasteiger charge is -2.13. The van der Waals surface area contributed by atoms with E-state index in [2.05, 4.69) is 41.1 Å². The topological polar surface area (TPSA) is 334 Å². The van der Waals surface area contributed by atoms with E-state index < -0.39 is 72.4 Å². The Bertz CT molecular complexity index is 3120. The van der Waals surface area contributed by atoms with E-state index in [1.165, 1.54) is 24.3 Å². The molecule has 21 nitrogen and oxygen atoms in total.